The number of hydrogen-bond donors (Lipinski definition) is 1. The highest BCUT2D eigenvalue weighted by Crippen LogP contribution is 2.32. The van der Waals surface area contributed by atoms with Crippen molar-refractivity contribution in [3.63, 3.8) is 0 Å². The number of carbonyl (C=O) groups is 1. The summed E-state index contributed by atoms with van der Waals surface area (Å²) in [5.41, 5.74) is 6.93. The Morgan fingerprint density at radius 2 is 2.19 bits per heavy atom. The minimum Gasteiger partial charge on any atom is -0.334 e. The molecule has 0 radical (unpaired) electrons. The van der Waals surface area contributed by atoms with Crippen LogP contribution in [-0.2, 0) is 4.79 Å². The van der Waals surface area contributed by atoms with E-state index in [1.807, 2.05) is 6.92 Å². The summed E-state index contributed by atoms with van der Waals surface area (Å²) in [4.78, 5) is 14.0. The summed E-state index contributed by atoms with van der Waals surface area (Å²) < 4.78 is 25.8. The van der Waals surface area contributed by atoms with Gasteiger partial charge in [-0.1, -0.05) is 25.1 Å². The first-order valence-electron chi connectivity index (χ1n) is 7.47. The number of rotatable bonds is 4. The van der Waals surface area contributed by atoms with Crippen molar-refractivity contribution in [1.29, 1.82) is 0 Å². The molecular formula is C16H22F2N2O. The minimum atomic E-state index is -2.51. The fourth-order valence-corrected chi connectivity index (χ4v) is 2.99. The summed E-state index contributed by atoms with van der Waals surface area (Å²) in [5, 5.41) is 0. The standard InChI is InChI=1S/C16H22F2N2O/c1-2-9-20-14(21)8-4-7-13(19)15(20)11-5-3-6-12(10-11)16(17)18/h3,5-6,10,13,15-16H,2,4,7-9,19H2,1H3. The molecule has 0 bridgehead atoms. The Labute approximate surface area is 124 Å². The van der Waals surface area contributed by atoms with Gasteiger partial charge in [-0.15, -0.1) is 0 Å². The van der Waals surface area contributed by atoms with Gasteiger partial charge in [-0.25, -0.2) is 8.78 Å². The first-order valence-corrected chi connectivity index (χ1v) is 7.47. The topological polar surface area (TPSA) is 46.3 Å². The molecule has 21 heavy (non-hydrogen) atoms. The predicted octanol–water partition coefficient (Wildman–Crippen LogP) is 3.42. The third-order valence-electron chi connectivity index (χ3n) is 3.96. The number of halogens is 2. The molecule has 3 nitrogen and oxygen atoms in total. The summed E-state index contributed by atoms with van der Waals surface area (Å²) in [5.74, 6) is 0.0669. The van der Waals surface area contributed by atoms with Gasteiger partial charge in [0.25, 0.3) is 6.43 Å². The second-order valence-corrected chi connectivity index (χ2v) is 5.56. The van der Waals surface area contributed by atoms with Gasteiger partial charge in [-0.3, -0.25) is 4.79 Å². The molecule has 0 saturated carbocycles. The van der Waals surface area contributed by atoms with Gasteiger partial charge in [0.1, 0.15) is 0 Å². The molecule has 0 spiro atoms. The lowest BCUT2D eigenvalue weighted by Crippen LogP contribution is -2.42. The van der Waals surface area contributed by atoms with Crippen LogP contribution < -0.4 is 5.73 Å². The number of nitrogens with zero attached hydrogens (tertiary/aromatic N) is 1. The number of amides is 1. The van der Waals surface area contributed by atoms with Gasteiger partial charge in [0, 0.05) is 24.6 Å². The lowest BCUT2D eigenvalue weighted by molar-refractivity contribution is -0.133. The van der Waals surface area contributed by atoms with Crippen LogP contribution in [-0.4, -0.2) is 23.4 Å². The Morgan fingerprint density at radius 3 is 2.86 bits per heavy atom. The quantitative estimate of drug-likeness (QED) is 0.925. The lowest BCUT2D eigenvalue weighted by atomic mass is 9.95. The molecule has 1 fully saturated rings. The van der Waals surface area contributed by atoms with Crippen molar-refractivity contribution >= 4 is 5.91 Å². The van der Waals surface area contributed by atoms with Crippen molar-refractivity contribution in [2.75, 3.05) is 6.54 Å². The zero-order valence-corrected chi connectivity index (χ0v) is 12.3. The van der Waals surface area contributed by atoms with Crippen molar-refractivity contribution in [1.82, 2.24) is 4.90 Å². The van der Waals surface area contributed by atoms with Gasteiger partial charge in [0.05, 0.1) is 6.04 Å². The molecule has 1 aliphatic heterocycles. The Balaban J connectivity index is 2.39. The first-order chi connectivity index (χ1) is 10.0. The van der Waals surface area contributed by atoms with Crippen LogP contribution in [0.2, 0.25) is 0 Å². The highest BCUT2D eigenvalue weighted by atomic mass is 19.3. The predicted molar refractivity (Wildman–Crippen MR) is 78.0 cm³/mol. The molecule has 1 amide bonds. The van der Waals surface area contributed by atoms with Crippen LogP contribution in [0.25, 0.3) is 0 Å². The number of alkyl halides is 2. The summed E-state index contributed by atoms with van der Waals surface area (Å²) in [6.07, 6.45) is 0.283. The second kappa shape index (κ2) is 6.98. The highest BCUT2D eigenvalue weighted by molar-refractivity contribution is 5.77. The van der Waals surface area contributed by atoms with E-state index in [0.717, 1.165) is 19.3 Å². The molecule has 1 aliphatic rings. The van der Waals surface area contributed by atoms with Crippen molar-refractivity contribution in [2.24, 2.45) is 5.73 Å². The van der Waals surface area contributed by atoms with Gasteiger partial charge in [-0.2, -0.15) is 0 Å². The fourth-order valence-electron chi connectivity index (χ4n) is 2.99. The van der Waals surface area contributed by atoms with Gasteiger partial charge in [0.2, 0.25) is 5.91 Å². The Morgan fingerprint density at radius 1 is 1.43 bits per heavy atom. The SMILES string of the molecule is CCCN1C(=O)CCCC(N)C1c1cccc(C(F)F)c1. The largest absolute Gasteiger partial charge is 0.334 e. The van der Waals surface area contributed by atoms with E-state index in [-0.39, 0.29) is 23.6 Å². The van der Waals surface area contributed by atoms with E-state index in [1.165, 1.54) is 12.1 Å². The van der Waals surface area contributed by atoms with Crippen molar-refractivity contribution in [3.05, 3.63) is 35.4 Å². The summed E-state index contributed by atoms with van der Waals surface area (Å²) in [7, 11) is 0. The zero-order valence-electron chi connectivity index (χ0n) is 12.3. The molecule has 2 N–H and O–H groups in total. The fraction of sp³-hybridized carbons (Fsp3) is 0.562. The normalized spacial score (nSPS) is 23.5. The van der Waals surface area contributed by atoms with Crippen LogP contribution in [0.5, 0.6) is 0 Å². The molecule has 2 rings (SSSR count). The second-order valence-electron chi connectivity index (χ2n) is 5.56. The van der Waals surface area contributed by atoms with Crippen molar-refractivity contribution in [3.8, 4) is 0 Å². The molecule has 2 atom stereocenters. The van der Waals surface area contributed by atoms with Crippen molar-refractivity contribution in [2.45, 2.75) is 51.1 Å². The van der Waals surface area contributed by atoms with Gasteiger partial charge in [0.15, 0.2) is 0 Å². The number of likely N-dealkylation sites (tertiary alicyclic amines) is 1. The molecule has 1 heterocycles. The average molecular weight is 296 g/mol. The summed E-state index contributed by atoms with van der Waals surface area (Å²) >= 11 is 0. The van der Waals surface area contributed by atoms with Crippen molar-refractivity contribution < 1.29 is 13.6 Å². The Bertz CT molecular complexity index is 493. The van der Waals surface area contributed by atoms with E-state index in [1.54, 1.807) is 17.0 Å². The minimum absolute atomic E-state index is 0.0205. The molecule has 5 heteroatoms. The van der Waals surface area contributed by atoms with Gasteiger partial charge >= 0.3 is 0 Å². The smallest absolute Gasteiger partial charge is 0.263 e. The van der Waals surface area contributed by atoms with Crippen LogP contribution in [0.15, 0.2) is 24.3 Å². The van der Waals surface area contributed by atoms with Crippen LogP contribution in [0.4, 0.5) is 8.78 Å². The maximum absolute atomic E-state index is 12.9. The molecule has 1 saturated heterocycles. The van der Waals surface area contributed by atoms with E-state index in [2.05, 4.69) is 0 Å². The summed E-state index contributed by atoms with van der Waals surface area (Å²) in [6.45, 7) is 2.60. The zero-order chi connectivity index (χ0) is 15.4. The monoisotopic (exact) mass is 296 g/mol. The highest BCUT2D eigenvalue weighted by Gasteiger charge is 2.32. The molecule has 0 aromatic heterocycles. The van der Waals surface area contributed by atoms with E-state index in [0.29, 0.717) is 18.5 Å². The molecule has 0 aliphatic carbocycles. The van der Waals surface area contributed by atoms with Gasteiger partial charge in [-0.05, 0) is 30.9 Å². The van der Waals surface area contributed by atoms with E-state index < -0.39 is 6.43 Å². The Kier molecular flexibility index (Phi) is 5.28. The number of hydrogen-bond acceptors (Lipinski definition) is 2. The number of carbonyl (C=O) groups excluding carboxylic acids is 1. The number of nitrogens with two attached hydrogens (primary N) is 1. The molecule has 1 aromatic carbocycles. The first kappa shape index (κ1) is 15.9. The molecule has 2 unspecified atom stereocenters. The summed E-state index contributed by atoms with van der Waals surface area (Å²) in [6, 6.07) is 5.77. The molecule has 1 aromatic rings. The lowest BCUT2D eigenvalue weighted by Gasteiger charge is -2.34. The van der Waals surface area contributed by atoms with Gasteiger partial charge < -0.3 is 10.6 Å². The average Bonchev–Trinajstić information content (AvgIpc) is 2.59. The molecular weight excluding hydrogens is 274 g/mol. The van der Waals surface area contributed by atoms with E-state index in [4.69, 9.17) is 5.73 Å². The van der Waals surface area contributed by atoms with E-state index in [9.17, 15) is 13.6 Å². The third kappa shape index (κ3) is 3.59. The Hall–Kier alpha value is -1.49. The van der Waals surface area contributed by atoms with E-state index >= 15 is 0 Å². The molecule has 116 valence electrons. The van der Waals surface area contributed by atoms with Crippen LogP contribution in [0.1, 0.15) is 56.2 Å². The van der Waals surface area contributed by atoms with Crippen LogP contribution in [0.3, 0.4) is 0 Å². The van der Waals surface area contributed by atoms with Crippen LogP contribution >= 0.6 is 0 Å². The maximum atomic E-state index is 12.9. The third-order valence-corrected chi connectivity index (χ3v) is 3.96. The van der Waals surface area contributed by atoms with Crippen LogP contribution in [0, 0.1) is 0 Å². The maximum Gasteiger partial charge on any atom is 0.263 e. The number of benzene rings is 1.